The Hall–Kier alpha value is -2.64. The lowest BCUT2D eigenvalue weighted by Gasteiger charge is -2.20. The maximum atomic E-state index is 12.7. The summed E-state index contributed by atoms with van der Waals surface area (Å²) in [5.74, 6) is 0.244. The smallest absolute Gasteiger partial charge is 0.295 e. The van der Waals surface area contributed by atoms with E-state index in [0.717, 1.165) is 36.1 Å². The van der Waals surface area contributed by atoms with Crippen molar-refractivity contribution >= 4 is 52.0 Å². The normalized spacial score (nSPS) is 15.1. The van der Waals surface area contributed by atoms with E-state index in [1.807, 2.05) is 24.3 Å². The van der Waals surface area contributed by atoms with E-state index in [-0.39, 0.29) is 17.8 Å². The van der Waals surface area contributed by atoms with Crippen LogP contribution >= 0.6 is 23.4 Å². The number of hydrogen-bond donors (Lipinski definition) is 1. The van der Waals surface area contributed by atoms with Crippen molar-refractivity contribution in [2.45, 2.75) is 13.8 Å². The van der Waals surface area contributed by atoms with Gasteiger partial charge in [0, 0.05) is 24.5 Å². The lowest BCUT2D eigenvalue weighted by Crippen LogP contribution is -2.33. The Balaban J connectivity index is 1.67. The molecule has 0 aromatic heterocycles. The van der Waals surface area contributed by atoms with E-state index in [2.05, 4.69) is 24.1 Å². The molecule has 0 spiro atoms. The van der Waals surface area contributed by atoms with Crippen LogP contribution in [0.4, 0.5) is 16.2 Å². The molecule has 1 fully saturated rings. The van der Waals surface area contributed by atoms with Crippen LogP contribution < -0.4 is 15.0 Å². The van der Waals surface area contributed by atoms with E-state index in [9.17, 15) is 9.59 Å². The zero-order valence-electron chi connectivity index (χ0n) is 17.1. The molecule has 30 heavy (non-hydrogen) atoms. The summed E-state index contributed by atoms with van der Waals surface area (Å²) in [4.78, 5) is 28.9. The number of carbonyl (C=O) groups is 2. The average Bonchev–Trinajstić information content (AvgIpc) is 3.01. The van der Waals surface area contributed by atoms with Crippen molar-refractivity contribution in [3.05, 3.63) is 58.0 Å². The number of thioether (sulfide) groups is 1. The van der Waals surface area contributed by atoms with Gasteiger partial charge in [0.25, 0.3) is 11.1 Å². The second-order valence-corrected chi connectivity index (χ2v) is 7.96. The first-order valence-electron chi connectivity index (χ1n) is 9.64. The fourth-order valence-electron chi connectivity index (χ4n) is 3.10. The number of anilines is 2. The first-order valence-corrected chi connectivity index (χ1v) is 10.8. The Kier molecular flexibility index (Phi) is 7.29. The monoisotopic (exact) mass is 445 g/mol. The molecule has 0 saturated carbocycles. The second kappa shape index (κ2) is 9.91. The number of halogens is 1. The molecular formula is C22H24ClN3O3S. The van der Waals surface area contributed by atoms with Crippen LogP contribution in [0.3, 0.4) is 0 Å². The lowest BCUT2D eigenvalue weighted by atomic mass is 10.1. The van der Waals surface area contributed by atoms with Crippen LogP contribution in [0.1, 0.15) is 19.4 Å². The third-order valence-electron chi connectivity index (χ3n) is 4.79. The molecule has 2 aromatic carbocycles. The zero-order valence-corrected chi connectivity index (χ0v) is 18.7. The van der Waals surface area contributed by atoms with Crippen molar-refractivity contribution in [1.82, 2.24) is 4.90 Å². The third-order valence-corrected chi connectivity index (χ3v) is 5.99. The molecule has 3 rings (SSSR count). The topological polar surface area (TPSA) is 61.9 Å². The SMILES string of the molecule is CCN(CC)c1ccc(C=C2SC(=O)N(CNc3ccc(OC)c(Cl)c3)C2=O)cc1. The van der Waals surface area contributed by atoms with E-state index in [0.29, 0.717) is 21.4 Å². The highest BCUT2D eigenvalue weighted by molar-refractivity contribution is 8.18. The summed E-state index contributed by atoms with van der Waals surface area (Å²) in [6.07, 6.45) is 1.75. The number of nitrogens with one attached hydrogen (secondary N) is 1. The minimum atomic E-state index is -0.315. The standard InChI is InChI=1S/C22H24ClN3O3S/c1-4-25(5-2)17-9-6-15(7-10-17)12-20-21(27)26(22(28)30-20)14-24-16-8-11-19(29-3)18(23)13-16/h6-13,24H,4-5,14H2,1-3H3. The van der Waals surface area contributed by atoms with Crippen LogP contribution in [0.2, 0.25) is 5.02 Å². The van der Waals surface area contributed by atoms with Crippen molar-refractivity contribution in [1.29, 1.82) is 0 Å². The summed E-state index contributed by atoms with van der Waals surface area (Å²) in [7, 11) is 1.54. The van der Waals surface area contributed by atoms with Crippen LogP contribution in [-0.2, 0) is 4.79 Å². The Labute approximate surface area is 185 Å². The Morgan fingerprint density at radius 1 is 1.13 bits per heavy atom. The Morgan fingerprint density at radius 3 is 2.43 bits per heavy atom. The summed E-state index contributed by atoms with van der Waals surface area (Å²) in [6.45, 7) is 6.15. The Bertz CT molecular complexity index is 959. The number of rotatable bonds is 8. The van der Waals surface area contributed by atoms with Gasteiger partial charge in [-0.3, -0.25) is 14.5 Å². The minimum absolute atomic E-state index is 0.0611. The van der Waals surface area contributed by atoms with Gasteiger partial charge in [-0.05, 0) is 67.6 Å². The molecule has 0 bridgehead atoms. The molecule has 2 amide bonds. The number of amides is 2. The maximum Gasteiger partial charge on any atom is 0.295 e. The number of hydrogen-bond acceptors (Lipinski definition) is 6. The van der Waals surface area contributed by atoms with E-state index in [4.69, 9.17) is 16.3 Å². The van der Waals surface area contributed by atoms with Gasteiger partial charge >= 0.3 is 0 Å². The van der Waals surface area contributed by atoms with Crippen LogP contribution in [0.15, 0.2) is 47.4 Å². The highest BCUT2D eigenvalue weighted by atomic mass is 35.5. The molecule has 1 saturated heterocycles. The van der Waals surface area contributed by atoms with Gasteiger partial charge in [-0.1, -0.05) is 23.7 Å². The molecule has 1 N–H and O–H groups in total. The molecule has 1 aliphatic heterocycles. The van der Waals surface area contributed by atoms with Crippen molar-refractivity contribution < 1.29 is 14.3 Å². The molecule has 2 aromatic rings. The number of methoxy groups -OCH3 is 1. The molecule has 1 aliphatic rings. The van der Waals surface area contributed by atoms with Crippen LogP contribution in [0.25, 0.3) is 6.08 Å². The highest BCUT2D eigenvalue weighted by Crippen LogP contribution is 2.33. The lowest BCUT2D eigenvalue weighted by molar-refractivity contribution is -0.122. The quantitative estimate of drug-likeness (QED) is 0.556. The van der Waals surface area contributed by atoms with Gasteiger partial charge in [0.05, 0.1) is 23.7 Å². The molecule has 0 aliphatic carbocycles. The average molecular weight is 446 g/mol. The van der Waals surface area contributed by atoms with Crippen LogP contribution in [-0.4, -0.2) is 42.9 Å². The van der Waals surface area contributed by atoms with Gasteiger partial charge in [-0.15, -0.1) is 0 Å². The molecular weight excluding hydrogens is 422 g/mol. The first kappa shape index (κ1) is 22.1. The number of carbonyl (C=O) groups excluding carboxylic acids is 2. The van der Waals surface area contributed by atoms with Crippen molar-refractivity contribution in [3.63, 3.8) is 0 Å². The van der Waals surface area contributed by atoms with Crippen molar-refractivity contribution in [2.24, 2.45) is 0 Å². The number of imide groups is 1. The molecule has 0 atom stereocenters. The molecule has 6 nitrogen and oxygen atoms in total. The predicted octanol–water partition coefficient (Wildman–Crippen LogP) is 5.30. The maximum absolute atomic E-state index is 12.7. The fraction of sp³-hybridized carbons (Fsp3) is 0.273. The molecule has 1 heterocycles. The minimum Gasteiger partial charge on any atom is -0.495 e. The number of nitrogens with zero attached hydrogens (tertiary/aromatic N) is 2. The summed E-state index contributed by atoms with van der Waals surface area (Å²) in [6, 6.07) is 13.2. The van der Waals surface area contributed by atoms with Gasteiger partial charge in [0.1, 0.15) is 5.75 Å². The Morgan fingerprint density at radius 2 is 1.83 bits per heavy atom. The fourth-order valence-corrected chi connectivity index (χ4v) is 4.20. The van der Waals surface area contributed by atoms with Crippen molar-refractivity contribution in [3.8, 4) is 5.75 Å². The third kappa shape index (κ3) is 4.91. The van der Waals surface area contributed by atoms with Gasteiger partial charge in [0.2, 0.25) is 0 Å². The first-order chi connectivity index (χ1) is 14.5. The van der Waals surface area contributed by atoms with E-state index < -0.39 is 0 Å². The number of benzene rings is 2. The molecule has 8 heteroatoms. The van der Waals surface area contributed by atoms with Crippen molar-refractivity contribution in [2.75, 3.05) is 37.1 Å². The molecule has 158 valence electrons. The summed E-state index contributed by atoms with van der Waals surface area (Å²) in [5.41, 5.74) is 2.70. The van der Waals surface area contributed by atoms with Gasteiger partial charge in [-0.25, -0.2) is 0 Å². The largest absolute Gasteiger partial charge is 0.495 e. The highest BCUT2D eigenvalue weighted by Gasteiger charge is 2.34. The summed E-state index contributed by atoms with van der Waals surface area (Å²) in [5, 5.41) is 3.20. The van der Waals surface area contributed by atoms with E-state index in [1.54, 1.807) is 24.3 Å². The zero-order chi connectivity index (χ0) is 21.7. The van der Waals surface area contributed by atoms with E-state index >= 15 is 0 Å². The summed E-state index contributed by atoms with van der Waals surface area (Å²) < 4.78 is 5.12. The molecule has 0 unspecified atom stereocenters. The molecule has 0 radical (unpaired) electrons. The van der Waals surface area contributed by atoms with Crippen LogP contribution in [0, 0.1) is 0 Å². The summed E-state index contributed by atoms with van der Waals surface area (Å²) >= 11 is 7.06. The van der Waals surface area contributed by atoms with Gasteiger partial charge < -0.3 is 15.0 Å². The van der Waals surface area contributed by atoms with Gasteiger partial charge in [0.15, 0.2) is 0 Å². The van der Waals surface area contributed by atoms with Crippen LogP contribution in [0.5, 0.6) is 5.75 Å². The van der Waals surface area contributed by atoms with Gasteiger partial charge in [-0.2, -0.15) is 0 Å². The van der Waals surface area contributed by atoms with E-state index in [1.165, 1.54) is 12.0 Å². The second-order valence-electron chi connectivity index (χ2n) is 6.56. The predicted molar refractivity (Wildman–Crippen MR) is 124 cm³/mol. The number of ether oxygens (including phenoxy) is 1.